The molecule has 0 aliphatic carbocycles. The van der Waals surface area contributed by atoms with Crippen molar-refractivity contribution in [2.24, 2.45) is 35.2 Å². The molecular formula is C91H72N20+10. The van der Waals surface area contributed by atoms with Crippen molar-refractivity contribution < 1.29 is 45.5 Å². The molecule has 5 aliphatic rings. The quantitative estimate of drug-likeness (QED) is 0.129. The molecule has 0 fully saturated rings. The third-order valence-corrected chi connectivity index (χ3v) is 23.4. The number of imidazole rings is 4. The van der Waals surface area contributed by atoms with Crippen molar-refractivity contribution in [1.29, 1.82) is 0 Å². The van der Waals surface area contributed by atoms with E-state index in [0.29, 0.717) is 0 Å². The van der Waals surface area contributed by atoms with E-state index in [9.17, 15) is 0 Å². The van der Waals surface area contributed by atoms with Crippen molar-refractivity contribution in [3.05, 3.63) is 309 Å². The summed E-state index contributed by atoms with van der Waals surface area (Å²) in [6.07, 6.45) is 29.1. The van der Waals surface area contributed by atoms with Crippen LogP contribution in [0.5, 0.6) is 0 Å². The molecule has 0 atom stereocenters. The summed E-state index contributed by atoms with van der Waals surface area (Å²) >= 11 is 0. The van der Waals surface area contributed by atoms with Crippen molar-refractivity contribution in [3.63, 3.8) is 0 Å². The molecule has 0 amide bonds. The molecule has 0 spiro atoms. The van der Waals surface area contributed by atoms with Gasteiger partial charge in [-0.2, -0.15) is 45.7 Å². The smallest absolute Gasteiger partial charge is 0.249 e. The molecular weight excluding hydrogens is 1370 g/mol. The van der Waals surface area contributed by atoms with E-state index in [2.05, 4.69) is 346 Å². The molecule has 20 heteroatoms. The second-order valence-electron chi connectivity index (χ2n) is 29.7. The molecule has 20 nitrogen and oxygen atoms in total. The maximum absolute atomic E-state index is 4.75. The fourth-order valence-electron chi connectivity index (χ4n) is 18.7. The third-order valence-electron chi connectivity index (χ3n) is 23.4. The van der Waals surface area contributed by atoms with Crippen LogP contribution in [0.3, 0.4) is 0 Å². The van der Waals surface area contributed by atoms with E-state index in [1.807, 2.05) is 49.1 Å². The van der Waals surface area contributed by atoms with Crippen LogP contribution >= 0.6 is 0 Å². The summed E-state index contributed by atoms with van der Waals surface area (Å²) in [6.45, 7) is 4.46. The zero-order valence-electron chi connectivity index (χ0n) is 61.6. The Morgan fingerprint density at radius 2 is 0.856 bits per heavy atom. The average Bonchev–Trinajstić information content (AvgIpc) is 1.55. The minimum Gasteiger partial charge on any atom is -0.249 e. The highest BCUT2D eigenvalue weighted by atomic mass is 15.4. The van der Waals surface area contributed by atoms with E-state index in [1.54, 1.807) is 0 Å². The molecule has 23 heterocycles. The van der Waals surface area contributed by atoms with Gasteiger partial charge in [0.25, 0.3) is 44.7 Å². The first-order chi connectivity index (χ1) is 54.7. The van der Waals surface area contributed by atoms with Gasteiger partial charge in [0.1, 0.15) is 108 Å². The largest absolute Gasteiger partial charge is 0.471 e. The highest BCUT2D eigenvalue weighted by Gasteiger charge is 2.40. The molecule has 0 saturated heterocycles. The zero-order valence-corrected chi connectivity index (χ0v) is 61.6. The van der Waals surface area contributed by atoms with Crippen LogP contribution in [0, 0.1) is 0 Å². The van der Waals surface area contributed by atoms with Gasteiger partial charge in [-0.05, 0) is 60.7 Å². The van der Waals surface area contributed by atoms with Crippen LogP contribution in [0.25, 0.3) is 167 Å². The number of hydrogen-bond donors (Lipinski definition) is 0. The lowest BCUT2D eigenvalue weighted by Gasteiger charge is -2.03. The fraction of sp³-hybridized carbons (Fsp3) is 0.110. The first-order valence-electron chi connectivity index (χ1n) is 37.6. The van der Waals surface area contributed by atoms with Crippen LogP contribution < -0.4 is 45.5 Å². The van der Waals surface area contributed by atoms with E-state index in [1.165, 1.54) is 156 Å². The Morgan fingerprint density at radius 1 is 0.351 bits per heavy atom. The number of pyridine rings is 12. The molecule has 111 heavy (non-hydrogen) atoms. The Balaban J connectivity index is 0.0000000834. The topological polar surface area (TPSA) is 127 Å². The van der Waals surface area contributed by atoms with Crippen molar-refractivity contribution in [1.82, 2.24) is 47.5 Å². The Bertz CT molecular complexity index is 7770. The van der Waals surface area contributed by atoms with Crippen LogP contribution in [0.1, 0.15) is 22.3 Å². The predicted molar refractivity (Wildman–Crippen MR) is 421 cm³/mol. The fourth-order valence-corrected chi connectivity index (χ4v) is 18.7. The summed E-state index contributed by atoms with van der Waals surface area (Å²) in [5.41, 5.74) is 35.2. The van der Waals surface area contributed by atoms with Gasteiger partial charge in [-0.25, -0.2) is 38.2 Å². The van der Waals surface area contributed by atoms with Crippen molar-refractivity contribution in [2.75, 3.05) is 0 Å². The minimum absolute atomic E-state index is 0.784. The predicted octanol–water partition coefficient (Wildman–Crippen LogP) is 10.1. The lowest BCUT2D eigenvalue weighted by Crippen LogP contribution is -2.45. The molecule has 22 aromatic rings. The van der Waals surface area contributed by atoms with E-state index in [4.69, 9.17) is 20.1 Å². The minimum atomic E-state index is 0.784. The molecule has 0 bridgehead atoms. The molecule has 0 radical (unpaired) electrons. The normalized spacial score (nSPS) is 12.9. The molecule has 5 aliphatic heterocycles. The first kappa shape index (κ1) is 62.6. The molecule has 27 rings (SSSR count). The number of rotatable bonds is 3. The average molecular weight is 1450 g/mol. The second-order valence-corrected chi connectivity index (χ2v) is 29.7. The van der Waals surface area contributed by atoms with E-state index < -0.39 is 0 Å². The summed E-state index contributed by atoms with van der Waals surface area (Å²) in [6, 6.07) is 70.1. The van der Waals surface area contributed by atoms with Gasteiger partial charge in [0.15, 0.2) is 81.7 Å². The Kier molecular flexibility index (Phi) is 13.4. The lowest BCUT2D eigenvalue weighted by molar-refractivity contribution is -0.793. The summed E-state index contributed by atoms with van der Waals surface area (Å²) in [4.78, 5) is 18.9. The van der Waals surface area contributed by atoms with Crippen molar-refractivity contribution >= 4 is 121 Å². The number of nitrogens with zero attached hydrogens (tertiary/aromatic N) is 20. The summed E-state index contributed by atoms with van der Waals surface area (Å²) in [7, 11) is 10.4. The highest BCUT2D eigenvalue weighted by molar-refractivity contribution is 6.12. The summed E-state index contributed by atoms with van der Waals surface area (Å²) in [5, 5.41) is 9.84. The van der Waals surface area contributed by atoms with Gasteiger partial charge in [0.05, 0.1) is 11.8 Å². The Labute approximate surface area is 633 Å². The number of para-hydroxylation sites is 2. The molecule has 0 N–H and O–H groups in total. The zero-order chi connectivity index (χ0) is 73.6. The van der Waals surface area contributed by atoms with Gasteiger partial charge in [-0.1, -0.05) is 103 Å². The molecule has 0 saturated carbocycles. The summed E-state index contributed by atoms with van der Waals surface area (Å²) in [5.74, 6) is 1.19. The number of fused-ring (bicyclic) bond motifs is 18. The number of aromatic nitrogens is 20. The van der Waals surface area contributed by atoms with Crippen molar-refractivity contribution in [3.8, 4) is 45.3 Å². The molecule has 18 aromatic heterocycles. The summed E-state index contributed by atoms with van der Waals surface area (Å²) < 4.78 is 34.0. The van der Waals surface area contributed by atoms with Crippen molar-refractivity contribution in [2.45, 2.75) is 32.8 Å². The van der Waals surface area contributed by atoms with Gasteiger partial charge >= 0.3 is 5.82 Å². The van der Waals surface area contributed by atoms with Crippen LogP contribution in [0.15, 0.2) is 287 Å². The van der Waals surface area contributed by atoms with Crippen LogP contribution in [-0.4, -0.2) is 47.5 Å². The van der Waals surface area contributed by atoms with Gasteiger partial charge in [-0.3, -0.25) is 0 Å². The molecule has 0 unspecified atom stereocenters. The van der Waals surface area contributed by atoms with Gasteiger partial charge in [0, 0.05) is 94.1 Å². The Morgan fingerprint density at radius 3 is 1.53 bits per heavy atom. The van der Waals surface area contributed by atoms with Gasteiger partial charge < -0.3 is 0 Å². The van der Waals surface area contributed by atoms with Gasteiger partial charge in [-0.15, -0.1) is 9.13 Å². The maximum Gasteiger partial charge on any atom is 0.471 e. The van der Waals surface area contributed by atoms with Gasteiger partial charge in [0.2, 0.25) is 34.4 Å². The third kappa shape index (κ3) is 9.06. The van der Waals surface area contributed by atoms with E-state index in [-0.39, 0.29) is 0 Å². The van der Waals surface area contributed by atoms with E-state index >= 15 is 0 Å². The second kappa shape index (κ2) is 23.7. The number of hydrogen-bond acceptors (Lipinski definition) is 5. The molecule has 526 valence electrons. The Hall–Kier alpha value is -14.5. The van der Waals surface area contributed by atoms with Crippen LogP contribution in [0.4, 0.5) is 0 Å². The maximum atomic E-state index is 4.75. The first-order valence-corrected chi connectivity index (χ1v) is 37.6. The standard InChI is InChI=1S/2C21H16N4.C19H14N4.C15H12N4.C15H14N4/c1-23-11-5-8-16-20(23)19-18-15(9-10-22-19)12-24-17(13-25(16)21(18)24)14-6-3-2-4-7-14;1-23-11-5-8-16-20(23)19-18-15(9-10-22-19)12-24-13-17(25(16)21(18)24)14-6-3-2-4-7-14;1-21-10-4-7-15-18(21)17-16-12(8-9-20-17)11-22-13-5-2-3-6-14(13)23(15)19(16)22;1-17-6-2-3-11-14(17)13-12-10(4-5-16-13)9-18-7-8-19(11)15(12)18;1-17-8-5-9-18-11-19-14(15(17)18)10-13(16-19)12-6-3-2-4-7-12/h2*2-11,13H,12H2,1H3;2-10H,11H2,1H3;2-8H,9H2,1H3;2-10H,11H2,1H3/q5*+2. The SMILES string of the molecule is C[n+]1ccc[n+]2c1-c1cc(-c3ccccc3)nn1C2.C[n+]1cccc2c1c1nccc3c1c1n(c(-c4ccccc4)c[n+]21)C3.C[n+]1cccc2c1c1nccc3c1c1n2c(-c2ccccc2)c[n+]1C3.C[n+]1cccc2c1c1nccc3c1c1n2c2ccccc2[n+]1C3.C[n+]1cccc2c1c1nccc3c1c1n2cc[n+]1C3. The van der Waals surface area contributed by atoms with Crippen LogP contribution in [-0.2, 0) is 68.1 Å². The lowest BCUT2D eigenvalue weighted by atomic mass is 10.1. The number of aryl methyl sites for hydroxylation is 5. The molecule has 4 aromatic carbocycles. The van der Waals surface area contributed by atoms with Crippen LogP contribution in [0.2, 0.25) is 0 Å². The number of benzene rings is 4. The highest BCUT2D eigenvalue weighted by Crippen LogP contribution is 2.39. The van der Waals surface area contributed by atoms with E-state index in [0.717, 1.165) is 66.2 Å². The monoisotopic (exact) mass is 1440 g/mol.